The summed E-state index contributed by atoms with van der Waals surface area (Å²) in [6, 6.07) is 30.1. The lowest BCUT2D eigenvalue weighted by Gasteiger charge is -2.09. The Kier molecular flexibility index (Phi) is 5.36. The highest BCUT2D eigenvalue weighted by molar-refractivity contribution is 5.89. The summed E-state index contributed by atoms with van der Waals surface area (Å²) in [4.78, 5) is 0. The molecule has 2 nitrogen and oxygen atoms in total. The average Bonchev–Trinajstić information content (AvgIpc) is 2.77. The van der Waals surface area contributed by atoms with E-state index in [2.05, 4.69) is 30.3 Å². The minimum atomic E-state index is -0.360. The van der Waals surface area contributed by atoms with Gasteiger partial charge in [0.1, 0.15) is 18.2 Å². The average molecular weight is 379 g/mol. The van der Waals surface area contributed by atoms with E-state index in [1.54, 1.807) is 18.2 Å². The van der Waals surface area contributed by atoms with Crippen molar-refractivity contribution in [3.8, 4) is 11.8 Å². The molecule has 0 N–H and O–H groups in total. The number of nitrogens with zero attached hydrogens (tertiary/aromatic N) is 1. The van der Waals surface area contributed by atoms with Crippen molar-refractivity contribution in [2.24, 2.45) is 0 Å². The third-order valence-electron chi connectivity index (χ3n) is 4.72. The van der Waals surface area contributed by atoms with E-state index in [0.29, 0.717) is 17.7 Å². The molecule has 0 aliphatic carbocycles. The van der Waals surface area contributed by atoms with Crippen molar-refractivity contribution >= 4 is 22.4 Å². The van der Waals surface area contributed by atoms with Gasteiger partial charge in [0, 0.05) is 0 Å². The van der Waals surface area contributed by atoms with Gasteiger partial charge in [-0.15, -0.1) is 0 Å². The van der Waals surface area contributed by atoms with E-state index >= 15 is 0 Å². The number of nitriles is 1. The molecule has 0 fully saturated rings. The second-order valence-corrected chi connectivity index (χ2v) is 6.68. The first-order valence-electron chi connectivity index (χ1n) is 9.30. The van der Waals surface area contributed by atoms with Crippen molar-refractivity contribution in [1.29, 1.82) is 5.26 Å². The molecule has 29 heavy (non-hydrogen) atoms. The summed E-state index contributed by atoms with van der Waals surface area (Å²) >= 11 is 0. The number of hydrogen-bond acceptors (Lipinski definition) is 2. The first-order chi connectivity index (χ1) is 14.2. The van der Waals surface area contributed by atoms with Crippen LogP contribution in [-0.4, -0.2) is 0 Å². The molecule has 0 aliphatic heterocycles. The Hall–Kier alpha value is -3.90. The van der Waals surface area contributed by atoms with Gasteiger partial charge in [-0.1, -0.05) is 66.7 Å². The highest BCUT2D eigenvalue weighted by atomic mass is 19.1. The Balaban J connectivity index is 1.50. The number of halogens is 1. The molecule has 4 aromatic carbocycles. The number of benzene rings is 4. The van der Waals surface area contributed by atoms with Crippen molar-refractivity contribution in [3.63, 3.8) is 0 Å². The zero-order chi connectivity index (χ0) is 20.1. The van der Waals surface area contributed by atoms with Crippen LogP contribution in [0.5, 0.6) is 5.75 Å². The Morgan fingerprint density at radius 1 is 0.897 bits per heavy atom. The SMILES string of the molecule is N#C/C(=C/c1ccc(OCc2cccc3ccccc23)cc1)c1cccc(F)c1. The van der Waals surface area contributed by atoms with Crippen molar-refractivity contribution in [3.05, 3.63) is 114 Å². The quantitative estimate of drug-likeness (QED) is 0.288. The molecular weight excluding hydrogens is 361 g/mol. The van der Waals surface area contributed by atoms with Crippen LogP contribution in [0.15, 0.2) is 91.0 Å². The molecule has 0 saturated heterocycles. The summed E-state index contributed by atoms with van der Waals surface area (Å²) in [5.74, 6) is 0.389. The third kappa shape index (κ3) is 4.34. The van der Waals surface area contributed by atoms with E-state index in [1.165, 1.54) is 22.9 Å². The fourth-order valence-electron chi connectivity index (χ4n) is 3.24. The predicted octanol–water partition coefficient (Wildman–Crippen LogP) is 6.62. The normalized spacial score (nSPS) is 11.2. The molecule has 0 spiro atoms. The first kappa shape index (κ1) is 18.5. The smallest absolute Gasteiger partial charge is 0.123 e. The van der Waals surface area contributed by atoms with E-state index < -0.39 is 0 Å². The monoisotopic (exact) mass is 379 g/mol. The number of allylic oxidation sites excluding steroid dienone is 1. The minimum absolute atomic E-state index is 0.360. The number of ether oxygens (including phenoxy) is 1. The highest BCUT2D eigenvalue weighted by Crippen LogP contribution is 2.23. The predicted molar refractivity (Wildman–Crippen MR) is 115 cm³/mol. The Morgan fingerprint density at radius 2 is 1.66 bits per heavy atom. The van der Waals surface area contributed by atoms with Crippen LogP contribution >= 0.6 is 0 Å². The largest absolute Gasteiger partial charge is 0.489 e. The maximum Gasteiger partial charge on any atom is 0.123 e. The van der Waals surface area contributed by atoms with Crippen LogP contribution in [0.25, 0.3) is 22.4 Å². The number of hydrogen-bond donors (Lipinski definition) is 0. The van der Waals surface area contributed by atoms with Gasteiger partial charge in [0.25, 0.3) is 0 Å². The van der Waals surface area contributed by atoms with E-state index in [1.807, 2.05) is 42.5 Å². The van der Waals surface area contributed by atoms with Gasteiger partial charge in [-0.05, 0) is 57.8 Å². The number of fused-ring (bicyclic) bond motifs is 1. The van der Waals surface area contributed by atoms with E-state index in [9.17, 15) is 9.65 Å². The fraction of sp³-hybridized carbons (Fsp3) is 0.0385. The van der Waals surface area contributed by atoms with Crippen molar-refractivity contribution in [1.82, 2.24) is 0 Å². The van der Waals surface area contributed by atoms with Crippen LogP contribution in [0.3, 0.4) is 0 Å². The van der Waals surface area contributed by atoms with Gasteiger partial charge >= 0.3 is 0 Å². The zero-order valence-electron chi connectivity index (χ0n) is 15.7. The minimum Gasteiger partial charge on any atom is -0.489 e. The molecule has 140 valence electrons. The summed E-state index contributed by atoms with van der Waals surface area (Å²) < 4.78 is 19.4. The third-order valence-corrected chi connectivity index (χ3v) is 4.72. The summed E-state index contributed by atoms with van der Waals surface area (Å²) in [5, 5.41) is 11.8. The van der Waals surface area contributed by atoms with Gasteiger partial charge < -0.3 is 4.74 Å². The van der Waals surface area contributed by atoms with Crippen LogP contribution in [0.1, 0.15) is 16.7 Å². The molecule has 0 aliphatic rings. The van der Waals surface area contributed by atoms with Gasteiger partial charge in [0.15, 0.2) is 0 Å². The standard InChI is InChI=1S/C26H18FNO/c27-24-9-4-7-21(16-24)23(17-28)15-19-11-13-25(14-12-19)29-18-22-8-3-6-20-5-1-2-10-26(20)22/h1-16H,18H2/b23-15-. The van der Waals surface area contributed by atoms with E-state index in [-0.39, 0.29) is 5.82 Å². The first-order valence-corrected chi connectivity index (χ1v) is 9.30. The molecule has 0 amide bonds. The summed E-state index contributed by atoms with van der Waals surface area (Å²) in [5.41, 5.74) is 2.95. The molecule has 0 bridgehead atoms. The lowest BCUT2D eigenvalue weighted by atomic mass is 10.0. The molecular formula is C26H18FNO. The second kappa shape index (κ2) is 8.41. The summed E-state index contributed by atoms with van der Waals surface area (Å²) in [6.45, 7) is 0.475. The van der Waals surface area contributed by atoms with Gasteiger partial charge in [-0.2, -0.15) is 5.26 Å². The van der Waals surface area contributed by atoms with Gasteiger partial charge in [-0.25, -0.2) is 4.39 Å². The molecule has 0 atom stereocenters. The van der Waals surface area contributed by atoms with Crippen molar-refractivity contribution < 1.29 is 9.13 Å². The second-order valence-electron chi connectivity index (χ2n) is 6.68. The van der Waals surface area contributed by atoms with Crippen LogP contribution in [0, 0.1) is 17.1 Å². The van der Waals surface area contributed by atoms with Crippen LogP contribution in [0.4, 0.5) is 4.39 Å². The van der Waals surface area contributed by atoms with Gasteiger partial charge in [-0.3, -0.25) is 0 Å². The molecule has 0 aromatic heterocycles. The molecule has 4 rings (SSSR count). The lowest BCUT2D eigenvalue weighted by Crippen LogP contribution is -1.96. The molecule has 0 heterocycles. The molecule has 4 aromatic rings. The zero-order valence-corrected chi connectivity index (χ0v) is 15.7. The Bertz CT molecular complexity index is 1210. The lowest BCUT2D eigenvalue weighted by molar-refractivity contribution is 0.307. The maximum absolute atomic E-state index is 13.4. The number of rotatable bonds is 5. The molecule has 0 unspecified atom stereocenters. The Labute approximate surface area is 169 Å². The van der Waals surface area contributed by atoms with E-state index in [4.69, 9.17) is 4.74 Å². The van der Waals surface area contributed by atoms with Crippen molar-refractivity contribution in [2.45, 2.75) is 6.61 Å². The van der Waals surface area contributed by atoms with E-state index in [0.717, 1.165) is 16.9 Å². The maximum atomic E-state index is 13.4. The molecule has 0 saturated carbocycles. The summed E-state index contributed by atoms with van der Waals surface area (Å²) in [6.07, 6.45) is 1.74. The van der Waals surface area contributed by atoms with Gasteiger partial charge in [0.05, 0.1) is 11.6 Å². The Morgan fingerprint density at radius 3 is 2.45 bits per heavy atom. The summed E-state index contributed by atoms with van der Waals surface area (Å²) in [7, 11) is 0. The van der Waals surface area contributed by atoms with Crippen LogP contribution in [-0.2, 0) is 6.61 Å². The molecule has 3 heteroatoms. The van der Waals surface area contributed by atoms with Crippen LogP contribution < -0.4 is 4.74 Å². The highest BCUT2D eigenvalue weighted by Gasteiger charge is 2.04. The van der Waals surface area contributed by atoms with Crippen LogP contribution in [0.2, 0.25) is 0 Å². The fourth-order valence-corrected chi connectivity index (χ4v) is 3.24. The molecule has 0 radical (unpaired) electrons. The van der Waals surface area contributed by atoms with Crippen molar-refractivity contribution in [2.75, 3.05) is 0 Å². The van der Waals surface area contributed by atoms with Gasteiger partial charge in [0.2, 0.25) is 0 Å². The topological polar surface area (TPSA) is 33.0 Å².